The van der Waals surface area contributed by atoms with Gasteiger partial charge in [0.2, 0.25) is 0 Å². The summed E-state index contributed by atoms with van der Waals surface area (Å²) >= 11 is 0. The molecular formula is C18H27N5O. The number of para-hydroxylation sites is 1. The van der Waals surface area contributed by atoms with Crippen LogP contribution >= 0.6 is 0 Å². The predicted octanol–water partition coefficient (Wildman–Crippen LogP) is 2.21. The summed E-state index contributed by atoms with van der Waals surface area (Å²) in [4.78, 5) is 8.27. The van der Waals surface area contributed by atoms with Crippen LogP contribution < -0.4 is 15.4 Å². The van der Waals surface area contributed by atoms with E-state index in [1.54, 1.807) is 13.2 Å². The van der Waals surface area contributed by atoms with Crippen molar-refractivity contribution in [2.24, 2.45) is 4.99 Å². The van der Waals surface area contributed by atoms with Gasteiger partial charge in [-0.15, -0.1) is 0 Å². The number of guanidine groups is 1. The molecule has 0 spiro atoms. The van der Waals surface area contributed by atoms with Crippen LogP contribution in [0.3, 0.4) is 0 Å². The van der Waals surface area contributed by atoms with E-state index in [0.717, 1.165) is 36.8 Å². The number of benzene rings is 1. The number of aliphatic imine (C=N–C) groups is 1. The fourth-order valence-electron chi connectivity index (χ4n) is 2.30. The number of hydrogen-bond acceptors (Lipinski definition) is 3. The Labute approximate surface area is 144 Å². The summed E-state index contributed by atoms with van der Waals surface area (Å²) in [5.41, 5.74) is 1.14. The normalized spacial score (nSPS) is 12.7. The standard InChI is InChI=1S/C18H27N5O/c1-15-7-4-5-8-17(15)24-16(2)13-22-18(19-3)21-9-6-11-23-12-10-20-14-23/h4-5,7-8,10,12,14,16H,6,9,11,13H2,1-3H3,(H2,19,21,22). The second-order valence-electron chi connectivity index (χ2n) is 5.73. The monoisotopic (exact) mass is 329 g/mol. The van der Waals surface area contributed by atoms with E-state index in [0.29, 0.717) is 6.54 Å². The number of hydrogen-bond donors (Lipinski definition) is 2. The van der Waals surface area contributed by atoms with Crippen molar-refractivity contribution in [3.05, 3.63) is 48.5 Å². The van der Waals surface area contributed by atoms with E-state index in [9.17, 15) is 0 Å². The zero-order valence-electron chi connectivity index (χ0n) is 14.7. The van der Waals surface area contributed by atoms with Crippen molar-refractivity contribution in [3.63, 3.8) is 0 Å². The Morgan fingerprint density at radius 3 is 2.88 bits per heavy atom. The number of imidazole rings is 1. The number of aryl methyl sites for hydroxylation is 2. The van der Waals surface area contributed by atoms with Crippen LogP contribution in [0.25, 0.3) is 0 Å². The zero-order chi connectivity index (χ0) is 17.2. The molecule has 0 bridgehead atoms. The molecule has 2 N–H and O–H groups in total. The molecule has 130 valence electrons. The topological polar surface area (TPSA) is 63.5 Å². The molecule has 1 atom stereocenters. The lowest BCUT2D eigenvalue weighted by Gasteiger charge is -2.18. The Morgan fingerprint density at radius 1 is 1.33 bits per heavy atom. The molecule has 1 heterocycles. The minimum Gasteiger partial charge on any atom is -0.489 e. The molecule has 0 saturated heterocycles. The van der Waals surface area contributed by atoms with E-state index >= 15 is 0 Å². The highest BCUT2D eigenvalue weighted by Crippen LogP contribution is 2.17. The van der Waals surface area contributed by atoms with Gasteiger partial charge in [0.15, 0.2) is 5.96 Å². The molecule has 0 aliphatic rings. The SMILES string of the molecule is CN=C(NCCCn1ccnc1)NCC(C)Oc1ccccc1C. The summed E-state index contributed by atoms with van der Waals surface area (Å²) in [6.45, 7) is 6.58. The number of aromatic nitrogens is 2. The van der Waals surface area contributed by atoms with Crippen molar-refractivity contribution in [1.29, 1.82) is 0 Å². The van der Waals surface area contributed by atoms with Gasteiger partial charge < -0.3 is 19.9 Å². The molecule has 1 unspecified atom stereocenters. The van der Waals surface area contributed by atoms with Crippen molar-refractivity contribution < 1.29 is 4.74 Å². The van der Waals surface area contributed by atoms with Gasteiger partial charge >= 0.3 is 0 Å². The molecule has 0 amide bonds. The summed E-state index contributed by atoms with van der Waals surface area (Å²) < 4.78 is 8.02. The highest BCUT2D eigenvalue weighted by Gasteiger charge is 2.07. The molecule has 0 aliphatic carbocycles. The third-order valence-corrected chi connectivity index (χ3v) is 3.65. The molecule has 6 nitrogen and oxygen atoms in total. The molecular weight excluding hydrogens is 302 g/mol. The average Bonchev–Trinajstić information content (AvgIpc) is 3.10. The fourth-order valence-corrected chi connectivity index (χ4v) is 2.30. The highest BCUT2D eigenvalue weighted by molar-refractivity contribution is 5.79. The van der Waals surface area contributed by atoms with Crippen LogP contribution in [0.1, 0.15) is 18.9 Å². The molecule has 2 aromatic rings. The molecule has 0 aliphatic heterocycles. The zero-order valence-corrected chi connectivity index (χ0v) is 14.7. The number of nitrogens with zero attached hydrogens (tertiary/aromatic N) is 3. The minimum atomic E-state index is 0.0515. The maximum absolute atomic E-state index is 5.96. The quantitative estimate of drug-likeness (QED) is 0.443. The van der Waals surface area contributed by atoms with Gasteiger partial charge in [-0.25, -0.2) is 4.98 Å². The van der Waals surface area contributed by atoms with Crippen LogP contribution in [0.5, 0.6) is 5.75 Å². The summed E-state index contributed by atoms with van der Waals surface area (Å²) in [7, 11) is 1.78. The first kappa shape index (κ1) is 17.8. The lowest BCUT2D eigenvalue weighted by Crippen LogP contribution is -2.42. The van der Waals surface area contributed by atoms with Gasteiger partial charge in [-0.3, -0.25) is 4.99 Å². The molecule has 1 aromatic heterocycles. The number of nitrogens with one attached hydrogen (secondary N) is 2. The number of ether oxygens (including phenoxy) is 1. The number of rotatable bonds is 8. The van der Waals surface area contributed by atoms with E-state index in [2.05, 4.69) is 38.2 Å². The Bertz CT molecular complexity index is 624. The van der Waals surface area contributed by atoms with Crippen LogP contribution in [0, 0.1) is 6.92 Å². The average molecular weight is 329 g/mol. The summed E-state index contributed by atoms with van der Waals surface area (Å²) in [6, 6.07) is 8.05. The molecule has 1 aromatic carbocycles. The van der Waals surface area contributed by atoms with E-state index < -0.39 is 0 Å². The molecule has 6 heteroatoms. The third-order valence-electron chi connectivity index (χ3n) is 3.65. The maximum atomic E-state index is 5.96. The van der Waals surface area contributed by atoms with Gasteiger partial charge in [0, 0.05) is 32.5 Å². The van der Waals surface area contributed by atoms with Crippen molar-refractivity contribution in [2.75, 3.05) is 20.1 Å². The summed E-state index contributed by atoms with van der Waals surface area (Å²) in [5, 5.41) is 6.61. The Kier molecular flexibility index (Phi) is 7.14. The van der Waals surface area contributed by atoms with Gasteiger partial charge in [-0.2, -0.15) is 0 Å². The second kappa shape index (κ2) is 9.60. The van der Waals surface area contributed by atoms with Gasteiger partial charge in [-0.05, 0) is 31.9 Å². The minimum absolute atomic E-state index is 0.0515. The van der Waals surface area contributed by atoms with Gasteiger partial charge in [0.05, 0.1) is 12.9 Å². The molecule has 0 radical (unpaired) electrons. The van der Waals surface area contributed by atoms with Gasteiger partial charge in [-0.1, -0.05) is 18.2 Å². The maximum Gasteiger partial charge on any atom is 0.191 e. The molecule has 2 rings (SSSR count). The largest absolute Gasteiger partial charge is 0.489 e. The van der Waals surface area contributed by atoms with Gasteiger partial charge in [0.25, 0.3) is 0 Å². The first-order valence-corrected chi connectivity index (χ1v) is 8.31. The van der Waals surface area contributed by atoms with E-state index in [4.69, 9.17) is 4.74 Å². The Balaban J connectivity index is 1.66. The van der Waals surface area contributed by atoms with E-state index in [1.165, 1.54) is 0 Å². The van der Waals surface area contributed by atoms with Crippen LogP contribution in [0.2, 0.25) is 0 Å². The van der Waals surface area contributed by atoms with Gasteiger partial charge in [0.1, 0.15) is 11.9 Å². The van der Waals surface area contributed by atoms with E-state index in [-0.39, 0.29) is 6.10 Å². The third kappa shape index (κ3) is 5.95. The lowest BCUT2D eigenvalue weighted by atomic mass is 10.2. The van der Waals surface area contributed by atoms with Crippen molar-refractivity contribution in [1.82, 2.24) is 20.2 Å². The first-order valence-electron chi connectivity index (χ1n) is 8.31. The predicted molar refractivity (Wildman–Crippen MR) is 97.5 cm³/mol. The Morgan fingerprint density at radius 2 is 2.17 bits per heavy atom. The summed E-state index contributed by atoms with van der Waals surface area (Å²) in [6.07, 6.45) is 6.65. The molecule has 24 heavy (non-hydrogen) atoms. The van der Waals surface area contributed by atoms with Crippen molar-refractivity contribution >= 4 is 5.96 Å². The van der Waals surface area contributed by atoms with Crippen molar-refractivity contribution in [2.45, 2.75) is 32.9 Å². The van der Waals surface area contributed by atoms with Crippen LogP contribution in [-0.4, -0.2) is 41.8 Å². The lowest BCUT2D eigenvalue weighted by molar-refractivity contribution is 0.222. The fraction of sp³-hybridized carbons (Fsp3) is 0.444. The molecule has 0 saturated carbocycles. The smallest absolute Gasteiger partial charge is 0.191 e. The Hall–Kier alpha value is -2.50. The van der Waals surface area contributed by atoms with Crippen LogP contribution in [0.15, 0.2) is 48.0 Å². The van der Waals surface area contributed by atoms with Crippen molar-refractivity contribution in [3.8, 4) is 5.75 Å². The van der Waals surface area contributed by atoms with Crippen LogP contribution in [-0.2, 0) is 6.54 Å². The molecule has 0 fully saturated rings. The highest BCUT2D eigenvalue weighted by atomic mass is 16.5. The summed E-state index contributed by atoms with van der Waals surface area (Å²) in [5.74, 6) is 1.72. The van der Waals surface area contributed by atoms with Crippen LogP contribution in [0.4, 0.5) is 0 Å². The first-order chi connectivity index (χ1) is 11.7. The van der Waals surface area contributed by atoms with E-state index in [1.807, 2.05) is 37.6 Å². The second-order valence-corrected chi connectivity index (χ2v) is 5.73.